The lowest BCUT2D eigenvalue weighted by Crippen LogP contribution is -2.34. The maximum atomic E-state index is 12.5. The number of nitriles is 2. The molecule has 2 heterocycles. The number of hydrogen-bond donors (Lipinski definition) is 0. The van der Waals surface area contributed by atoms with Crippen molar-refractivity contribution in [2.45, 2.75) is 31.5 Å². The standard InChI is InChI=1S/C19H19N7OS/c1-2-26-15-8-4-3-7-14(15)17-18(26)22-19(24-23-17)28-13-16(27)25(11-5-9-20)12-6-10-21/h3-4,7-8H,2,5-6,11-13H2,1H3. The molecule has 2 aromatic heterocycles. The molecule has 1 amide bonds. The summed E-state index contributed by atoms with van der Waals surface area (Å²) in [5.41, 5.74) is 2.55. The van der Waals surface area contributed by atoms with Gasteiger partial charge >= 0.3 is 0 Å². The number of para-hydroxylation sites is 1. The lowest BCUT2D eigenvalue weighted by atomic mass is 10.2. The van der Waals surface area contributed by atoms with Crippen LogP contribution in [-0.4, -0.2) is 49.4 Å². The highest BCUT2D eigenvalue weighted by atomic mass is 32.2. The second-order valence-electron chi connectivity index (χ2n) is 6.01. The Morgan fingerprint density at radius 2 is 1.89 bits per heavy atom. The third kappa shape index (κ3) is 4.05. The van der Waals surface area contributed by atoms with E-state index >= 15 is 0 Å². The Balaban J connectivity index is 1.79. The average Bonchev–Trinajstić information content (AvgIpc) is 3.05. The molecule has 0 bridgehead atoms. The number of benzene rings is 1. The average molecular weight is 393 g/mol. The normalized spacial score (nSPS) is 10.7. The predicted octanol–water partition coefficient (Wildman–Crippen LogP) is 2.75. The van der Waals surface area contributed by atoms with Gasteiger partial charge in [0, 0.05) is 25.0 Å². The minimum atomic E-state index is -0.143. The van der Waals surface area contributed by atoms with E-state index in [1.807, 2.05) is 43.3 Å². The molecule has 9 heteroatoms. The largest absolute Gasteiger partial charge is 0.340 e. The van der Waals surface area contributed by atoms with E-state index in [1.165, 1.54) is 16.7 Å². The third-order valence-corrected chi connectivity index (χ3v) is 5.16. The molecule has 3 rings (SSSR count). The maximum absolute atomic E-state index is 12.5. The first-order chi connectivity index (χ1) is 13.7. The fourth-order valence-corrected chi connectivity index (χ4v) is 3.70. The monoisotopic (exact) mass is 393 g/mol. The van der Waals surface area contributed by atoms with Crippen LogP contribution in [-0.2, 0) is 11.3 Å². The van der Waals surface area contributed by atoms with Crippen molar-refractivity contribution in [3.05, 3.63) is 24.3 Å². The third-order valence-electron chi connectivity index (χ3n) is 4.34. The predicted molar refractivity (Wildman–Crippen MR) is 106 cm³/mol. The minimum absolute atomic E-state index is 0.135. The summed E-state index contributed by atoms with van der Waals surface area (Å²) < 4.78 is 2.08. The Morgan fingerprint density at radius 1 is 1.18 bits per heavy atom. The van der Waals surface area contributed by atoms with Gasteiger partial charge in [-0.05, 0) is 13.0 Å². The molecular formula is C19H19N7OS. The molecule has 0 aliphatic carbocycles. The highest BCUT2D eigenvalue weighted by Gasteiger charge is 2.17. The molecule has 0 unspecified atom stereocenters. The van der Waals surface area contributed by atoms with E-state index in [4.69, 9.17) is 10.5 Å². The van der Waals surface area contributed by atoms with Gasteiger partial charge in [-0.25, -0.2) is 4.98 Å². The van der Waals surface area contributed by atoms with Crippen LogP contribution in [0.1, 0.15) is 19.8 Å². The van der Waals surface area contributed by atoms with E-state index in [0.29, 0.717) is 18.2 Å². The summed E-state index contributed by atoms with van der Waals surface area (Å²) in [5.74, 6) is -0.00799. The van der Waals surface area contributed by atoms with Crippen molar-refractivity contribution in [2.24, 2.45) is 0 Å². The van der Waals surface area contributed by atoms with Crippen LogP contribution in [0.25, 0.3) is 22.1 Å². The van der Waals surface area contributed by atoms with E-state index in [0.717, 1.165) is 28.6 Å². The number of amides is 1. The summed E-state index contributed by atoms with van der Waals surface area (Å²) in [6.45, 7) is 3.44. The van der Waals surface area contributed by atoms with Crippen LogP contribution >= 0.6 is 11.8 Å². The maximum Gasteiger partial charge on any atom is 0.233 e. The van der Waals surface area contributed by atoms with Crippen LogP contribution in [0.4, 0.5) is 0 Å². The number of rotatable bonds is 8. The first-order valence-corrected chi connectivity index (χ1v) is 9.94. The summed E-state index contributed by atoms with van der Waals surface area (Å²) in [6, 6.07) is 12.0. The number of aromatic nitrogens is 4. The van der Waals surface area contributed by atoms with Gasteiger partial charge in [-0.15, -0.1) is 10.2 Å². The van der Waals surface area contributed by atoms with Crippen LogP contribution < -0.4 is 0 Å². The quantitative estimate of drug-likeness (QED) is 0.541. The fraction of sp³-hybridized carbons (Fsp3) is 0.368. The molecule has 1 aromatic carbocycles. The molecule has 0 N–H and O–H groups in total. The van der Waals surface area contributed by atoms with Crippen molar-refractivity contribution >= 4 is 39.7 Å². The van der Waals surface area contributed by atoms with Gasteiger partial charge < -0.3 is 9.47 Å². The number of fused-ring (bicyclic) bond motifs is 3. The number of nitrogens with zero attached hydrogens (tertiary/aromatic N) is 7. The Bertz CT molecular complexity index is 1060. The smallest absolute Gasteiger partial charge is 0.233 e. The summed E-state index contributed by atoms with van der Waals surface area (Å²) in [5, 5.41) is 27.4. The van der Waals surface area contributed by atoms with E-state index in [1.54, 1.807) is 0 Å². The number of thioether (sulfide) groups is 1. The second kappa shape index (κ2) is 9.16. The molecule has 8 nitrogen and oxygen atoms in total. The fourth-order valence-electron chi connectivity index (χ4n) is 3.02. The van der Waals surface area contributed by atoms with Gasteiger partial charge in [-0.2, -0.15) is 10.5 Å². The van der Waals surface area contributed by atoms with Crippen molar-refractivity contribution in [3.8, 4) is 12.1 Å². The lowest BCUT2D eigenvalue weighted by Gasteiger charge is -2.19. The molecule has 0 aliphatic heterocycles. The van der Waals surface area contributed by atoms with E-state index in [-0.39, 0.29) is 24.5 Å². The van der Waals surface area contributed by atoms with Crippen molar-refractivity contribution in [3.63, 3.8) is 0 Å². The van der Waals surface area contributed by atoms with Crippen LogP contribution in [0.2, 0.25) is 0 Å². The Kier molecular flexibility index (Phi) is 6.41. The lowest BCUT2D eigenvalue weighted by molar-refractivity contribution is -0.128. The van der Waals surface area contributed by atoms with E-state index in [2.05, 4.69) is 19.7 Å². The molecule has 0 fully saturated rings. The van der Waals surface area contributed by atoms with Gasteiger partial charge in [0.05, 0.1) is 36.2 Å². The molecule has 0 spiro atoms. The number of aryl methyl sites for hydroxylation is 1. The van der Waals surface area contributed by atoms with Gasteiger partial charge in [0.15, 0.2) is 5.65 Å². The van der Waals surface area contributed by atoms with Gasteiger partial charge in [0.2, 0.25) is 11.1 Å². The summed E-state index contributed by atoms with van der Waals surface area (Å²) in [6.07, 6.45) is 0.477. The topological polar surface area (TPSA) is 111 Å². The molecular weight excluding hydrogens is 374 g/mol. The zero-order valence-corrected chi connectivity index (χ0v) is 16.3. The summed E-state index contributed by atoms with van der Waals surface area (Å²) in [4.78, 5) is 18.6. The van der Waals surface area contributed by atoms with Crippen molar-refractivity contribution in [1.82, 2.24) is 24.6 Å². The van der Waals surface area contributed by atoms with Crippen molar-refractivity contribution in [2.75, 3.05) is 18.8 Å². The zero-order chi connectivity index (χ0) is 19.9. The van der Waals surface area contributed by atoms with Gasteiger partial charge in [0.1, 0.15) is 5.52 Å². The van der Waals surface area contributed by atoms with Crippen molar-refractivity contribution < 1.29 is 4.79 Å². The zero-order valence-electron chi connectivity index (χ0n) is 15.5. The van der Waals surface area contributed by atoms with Gasteiger partial charge in [0.25, 0.3) is 0 Å². The SMILES string of the molecule is CCn1c2ccccc2c2nnc(SCC(=O)N(CCC#N)CCC#N)nc21. The molecule has 0 saturated carbocycles. The van der Waals surface area contributed by atoms with Crippen molar-refractivity contribution in [1.29, 1.82) is 10.5 Å². The van der Waals surface area contributed by atoms with Gasteiger partial charge in [-0.3, -0.25) is 4.79 Å². The highest BCUT2D eigenvalue weighted by Crippen LogP contribution is 2.27. The highest BCUT2D eigenvalue weighted by molar-refractivity contribution is 7.99. The Morgan fingerprint density at radius 3 is 2.57 bits per heavy atom. The summed E-state index contributed by atoms with van der Waals surface area (Å²) >= 11 is 1.21. The Labute approximate surface area is 166 Å². The molecule has 0 radical (unpaired) electrons. The minimum Gasteiger partial charge on any atom is -0.340 e. The van der Waals surface area contributed by atoms with E-state index < -0.39 is 0 Å². The number of carbonyl (C=O) groups excluding carboxylic acids is 1. The van der Waals surface area contributed by atoms with Crippen LogP contribution in [0.3, 0.4) is 0 Å². The molecule has 0 saturated heterocycles. The molecule has 0 aliphatic rings. The van der Waals surface area contributed by atoms with E-state index in [9.17, 15) is 4.79 Å². The molecule has 142 valence electrons. The van der Waals surface area contributed by atoms with Crippen LogP contribution in [0, 0.1) is 22.7 Å². The number of carbonyl (C=O) groups is 1. The molecule has 3 aromatic rings. The van der Waals surface area contributed by atoms with Crippen LogP contribution in [0.15, 0.2) is 29.4 Å². The summed E-state index contributed by atoms with van der Waals surface area (Å²) in [7, 11) is 0. The first kappa shape index (κ1) is 19.6. The molecule has 0 atom stereocenters. The first-order valence-electron chi connectivity index (χ1n) is 8.95. The van der Waals surface area contributed by atoms with Crippen LogP contribution in [0.5, 0.6) is 0 Å². The second-order valence-corrected chi connectivity index (χ2v) is 6.96. The number of hydrogen-bond acceptors (Lipinski definition) is 7. The van der Waals surface area contributed by atoms with Gasteiger partial charge in [-0.1, -0.05) is 30.0 Å². The Hall–Kier alpha value is -3.17. The molecule has 28 heavy (non-hydrogen) atoms.